The van der Waals surface area contributed by atoms with Crippen molar-refractivity contribution in [1.29, 1.82) is 0 Å². The molecule has 48 heavy (non-hydrogen) atoms. The van der Waals surface area contributed by atoms with Crippen molar-refractivity contribution in [2.45, 2.75) is 72.0 Å². The van der Waals surface area contributed by atoms with Gasteiger partial charge in [-0.05, 0) is 78.7 Å². The molecule has 254 valence electrons. The van der Waals surface area contributed by atoms with E-state index in [4.69, 9.17) is 14.7 Å². The zero-order valence-electron chi connectivity index (χ0n) is 28.5. The Morgan fingerprint density at radius 1 is 1.21 bits per heavy atom. The number of halogens is 1. The third kappa shape index (κ3) is 5.95. The van der Waals surface area contributed by atoms with Crippen LogP contribution >= 0.6 is 0 Å². The summed E-state index contributed by atoms with van der Waals surface area (Å²) >= 11 is 0. The average Bonchev–Trinajstić information content (AvgIpc) is 3.63. The molecule has 0 unspecified atom stereocenters. The predicted molar refractivity (Wildman–Crippen MR) is 186 cm³/mol. The predicted octanol–water partition coefficient (Wildman–Crippen LogP) is 5.09. The van der Waals surface area contributed by atoms with Crippen molar-refractivity contribution in [3.8, 4) is 17.4 Å². The number of nitrogens with one attached hydrogen (secondary N) is 3. The molecule has 4 aromatic rings. The lowest BCUT2D eigenvalue weighted by molar-refractivity contribution is -0.108. The highest BCUT2D eigenvalue weighted by atomic mass is 19.1. The number of methoxy groups -OCH3 is 1. The minimum Gasteiger partial charge on any atom is -0.497 e. The van der Waals surface area contributed by atoms with Crippen LogP contribution in [0.3, 0.4) is 0 Å². The fraction of sp³-hybridized carbons (Fsp3) is 0.528. The zero-order valence-corrected chi connectivity index (χ0v) is 28.5. The highest BCUT2D eigenvalue weighted by Crippen LogP contribution is 2.61. The van der Waals surface area contributed by atoms with Crippen molar-refractivity contribution in [2.24, 2.45) is 28.2 Å². The van der Waals surface area contributed by atoms with E-state index in [0.29, 0.717) is 63.1 Å². The van der Waals surface area contributed by atoms with Gasteiger partial charge in [-0.1, -0.05) is 33.8 Å². The number of anilines is 1. The monoisotopic (exact) mass is 655 g/mol. The molecule has 4 fully saturated rings. The summed E-state index contributed by atoms with van der Waals surface area (Å²) < 4.78 is 21.5. The molecule has 1 aliphatic heterocycles. The number of nitrogens with zero attached hydrogens (tertiary/aromatic N) is 6. The van der Waals surface area contributed by atoms with E-state index in [9.17, 15) is 9.18 Å². The van der Waals surface area contributed by atoms with Crippen molar-refractivity contribution in [1.82, 2.24) is 34.9 Å². The second-order valence-corrected chi connectivity index (χ2v) is 14.3. The molecule has 5 atom stereocenters. The first-order valence-corrected chi connectivity index (χ1v) is 17.2. The lowest BCUT2D eigenvalue weighted by Crippen LogP contribution is -2.57. The number of fused-ring (bicyclic) bond motifs is 3. The van der Waals surface area contributed by atoms with Crippen LogP contribution in [0.4, 0.5) is 10.1 Å². The summed E-state index contributed by atoms with van der Waals surface area (Å²) in [5.41, 5.74) is 1.98. The van der Waals surface area contributed by atoms with Gasteiger partial charge in [0.1, 0.15) is 17.9 Å². The van der Waals surface area contributed by atoms with Gasteiger partial charge in [-0.25, -0.2) is 19.4 Å². The van der Waals surface area contributed by atoms with Crippen LogP contribution in [-0.4, -0.2) is 74.4 Å². The number of hydrogen-bond acceptors (Lipinski definition) is 7. The number of aryl methyl sites for hydroxylation is 1. The quantitative estimate of drug-likeness (QED) is 0.177. The van der Waals surface area contributed by atoms with Gasteiger partial charge in [-0.15, -0.1) is 0 Å². The Labute approximate surface area is 280 Å². The van der Waals surface area contributed by atoms with E-state index in [1.54, 1.807) is 12.1 Å². The normalized spacial score (nSPS) is 25.2. The van der Waals surface area contributed by atoms with Gasteiger partial charge in [0.2, 0.25) is 0 Å². The summed E-state index contributed by atoms with van der Waals surface area (Å²) in [6.45, 7) is 12.3. The van der Waals surface area contributed by atoms with E-state index in [1.165, 1.54) is 30.5 Å². The largest absolute Gasteiger partial charge is 0.497 e. The first kappa shape index (κ1) is 32.2. The maximum absolute atomic E-state index is 14.8. The lowest BCUT2D eigenvalue weighted by Gasteiger charge is -2.61. The molecule has 12 heteroatoms. The maximum Gasteiger partial charge on any atom is 0.261 e. The fourth-order valence-electron chi connectivity index (χ4n) is 8.15. The summed E-state index contributed by atoms with van der Waals surface area (Å²) in [6.07, 6.45) is 5.13. The van der Waals surface area contributed by atoms with Gasteiger partial charge < -0.3 is 20.3 Å². The average molecular weight is 656 g/mol. The van der Waals surface area contributed by atoms with E-state index in [-0.39, 0.29) is 30.4 Å². The minimum absolute atomic E-state index is 0.206. The van der Waals surface area contributed by atoms with Crippen molar-refractivity contribution in [2.75, 3.05) is 32.1 Å². The topological polar surface area (TPSA) is 125 Å². The maximum atomic E-state index is 14.8. The summed E-state index contributed by atoms with van der Waals surface area (Å²) in [5, 5.41) is 14.6. The third-order valence-corrected chi connectivity index (χ3v) is 11.4. The number of rotatable bonds is 8. The number of ether oxygens (including phenoxy) is 1. The highest BCUT2D eigenvalue weighted by molar-refractivity contribution is 5.96. The van der Waals surface area contributed by atoms with E-state index < -0.39 is 0 Å². The Morgan fingerprint density at radius 3 is 2.77 bits per heavy atom. The number of aliphatic imine (C=N–C) groups is 1. The van der Waals surface area contributed by atoms with Crippen LogP contribution in [0, 0.1) is 29.0 Å². The molecule has 3 N–H and O–H groups in total. The number of aromatic nitrogens is 5. The van der Waals surface area contributed by atoms with E-state index in [1.807, 2.05) is 18.2 Å². The van der Waals surface area contributed by atoms with E-state index in [0.717, 1.165) is 44.1 Å². The lowest BCUT2D eigenvalue weighted by atomic mass is 9.45. The molecular formula is C36H46FN9O2. The summed E-state index contributed by atoms with van der Waals surface area (Å²) in [6, 6.07) is 11.0. The van der Waals surface area contributed by atoms with Crippen LogP contribution in [0.5, 0.6) is 5.75 Å². The number of piperazine rings is 1. The number of guanidine groups is 1. The number of H-pyrrole nitrogens is 1. The van der Waals surface area contributed by atoms with Gasteiger partial charge in [0, 0.05) is 44.0 Å². The van der Waals surface area contributed by atoms with Crippen molar-refractivity contribution in [3.63, 3.8) is 0 Å². The number of benzene rings is 2. The molecule has 2 bridgehead atoms. The van der Waals surface area contributed by atoms with Crippen molar-refractivity contribution in [3.05, 3.63) is 64.5 Å². The van der Waals surface area contributed by atoms with Gasteiger partial charge in [-0.3, -0.25) is 14.5 Å². The number of aromatic amines is 1. The Bertz CT molecular complexity index is 1870. The first-order chi connectivity index (χ1) is 23.2. The summed E-state index contributed by atoms with van der Waals surface area (Å²) in [4.78, 5) is 31.0. The molecule has 2 aromatic heterocycles. The van der Waals surface area contributed by atoms with Gasteiger partial charge >= 0.3 is 0 Å². The zero-order chi connectivity index (χ0) is 33.6. The molecule has 3 heterocycles. The van der Waals surface area contributed by atoms with Crippen molar-refractivity contribution < 1.29 is 9.13 Å². The van der Waals surface area contributed by atoms with Gasteiger partial charge in [-0.2, -0.15) is 5.10 Å². The molecule has 0 amide bonds. The molecule has 2 aromatic carbocycles. The molecule has 11 nitrogen and oxygen atoms in total. The second-order valence-electron chi connectivity index (χ2n) is 14.3. The van der Waals surface area contributed by atoms with Crippen LogP contribution in [-0.2, 0) is 13.0 Å². The third-order valence-electron chi connectivity index (χ3n) is 11.4. The van der Waals surface area contributed by atoms with Crippen LogP contribution in [0.2, 0.25) is 0 Å². The Kier molecular flexibility index (Phi) is 8.69. The SMILES string of the molecule is CC[C@H]1CN(C(=N[C@H]2C[C@@H]3C[C@H]([C@@H]2C)C3(C)C)Nc2ccc3c(=O)n(CCc4ccc(OC)cc4F)c(-c4ncn[nH]4)nc3c2)CCN1. The number of hydrogen-bond donors (Lipinski definition) is 3. The second kappa shape index (κ2) is 12.9. The van der Waals surface area contributed by atoms with E-state index in [2.05, 4.69) is 58.4 Å². The Morgan fingerprint density at radius 2 is 2.06 bits per heavy atom. The molecule has 0 radical (unpaired) electrons. The molecular weight excluding hydrogens is 609 g/mol. The van der Waals surface area contributed by atoms with Crippen LogP contribution in [0.25, 0.3) is 22.6 Å². The van der Waals surface area contributed by atoms with Crippen LogP contribution in [0.15, 0.2) is 52.5 Å². The Hall–Kier alpha value is -4.32. The van der Waals surface area contributed by atoms with Crippen LogP contribution in [0.1, 0.15) is 52.5 Å². The van der Waals surface area contributed by atoms with Crippen LogP contribution < -0.4 is 20.9 Å². The highest BCUT2D eigenvalue weighted by Gasteiger charge is 2.56. The standard InChI is InChI=1S/C36H46FN9O2/c1-6-24-19-45(14-12-38-24)35(43-30-16-23-15-28(21(30)2)36(23,3)4)41-25-8-10-27-31(17-25)42-33(32-39-20-40-44-32)46(34(27)47)13-11-22-7-9-26(48-5)18-29(22)37/h7-10,17-18,20-21,23-24,28,30,38H,6,11-16,19H2,1-5H3,(H,41,43)(H,39,40,44)/t21-,23-,24-,28+,30-/m0/s1. The molecule has 3 saturated carbocycles. The fourth-order valence-corrected chi connectivity index (χ4v) is 8.15. The summed E-state index contributed by atoms with van der Waals surface area (Å²) in [7, 11) is 1.50. The van der Waals surface area contributed by atoms with Crippen molar-refractivity contribution >= 4 is 22.5 Å². The van der Waals surface area contributed by atoms with Gasteiger partial charge in [0.15, 0.2) is 17.6 Å². The Balaban J connectivity index is 1.22. The van der Waals surface area contributed by atoms with Gasteiger partial charge in [0.05, 0.1) is 24.1 Å². The van der Waals surface area contributed by atoms with Gasteiger partial charge in [0.25, 0.3) is 5.56 Å². The molecule has 1 saturated heterocycles. The molecule has 0 spiro atoms. The molecule has 3 aliphatic carbocycles. The smallest absolute Gasteiger partial charge is 0.261 e. The first-order valence-electron chi connectivity index (χ1n) is 17.2. The van der Waals surface area contributed by atoms with E-state index >= 15 is 0 Å². The minimum atomic E-state index is -0.386. The molecule has 4 aliphatic rings. The summed E-state index contributed by atoms with van der Waals surface area (Å²) in [5.74, 6) is 3.57. The molecule has 8 rings (SSSR count).